The summed E-state index contributed by atoms with van der Waals surface area (Å²) in [7, 11) is 0. The SMILES string of the molecule is NCC1(C(=O)Nc2c(Cl)cc(Cl)c3c2N=S=N3)CC1. The second-order valence-corrected chi connectivity index (χ2v) is 5.96. The number of nitrogens with two attached hydrogens (primary N) is 1. The maximum atomic E-state index is 12.2. The fraction of sp³-hybridized carbons (Fsp3) is 0.364. The lowest BCUT2D eigenvalue weighted by atomic mass is 10.1. The summed E-state index contributed by atoms with van der Waals surface area (Å²) in [6.45, 7) is 0.336. The molecule has 5 nitrogen and oxygen atoms in total. The maximum absolute atomic E-state index is 12.2. The molecule has 1 aromatic carbocycles. The summed E-state index contributed by atoms with van der Waals surface area (Å²) in [6.07, 6.45) is 1.61. The first-order valence-corrected chi connectivity index (χ1v) is 7.18. The van der Waals surface area contributed by atoms with Crippen LogP contribution in [0.1, 0.15) is 12.8 Å². The van der Waals surface area contributed by atoms with Crippen LogP contribution in [0, 0.1) is 5.41 Å². The Bertz CT molecular complexity index is 651. The number of anilines is 1. The number of halogens is 2. The molecular weight excluding hydrogens is 307 g/mol. The van der Waals surface area contributed by atoms with E-state index in [2.05, 4.69) is 14.0 Å². The topological polar surface area (TPSA) is 79.8 Å². The average molecular weight is 317 g/mol. The summed E-state index contributed by atoms with van der Waals surface area (Å²) >= 11 is 13.2. The Balaban J connectivity index is 1.97. The lowest BCUT2D eigenvalue weighted by molar-refractivity contribution is -0.120. The highest BCUT2D eigenvalue weighted by atomic mass is 35.5. The van der Waals surface area contributed by atoms with Crippen LogP contribution >= 0.6 is 23.2 Å². The molecule has 1 fully saturated rings. The smallest absolute Gasteiger partial charge is 0.231 e. The van der Waals surface area contributed by atoms with E-state index in [1.165, 1.54) is 0 Å². The predicted octanol–water partition coefficient (Wildman–Crippen LogP) is 3.40. The highest BCUT2D eigenvalue weighted by Gasteiger charge is 2.48. The van der Waals surface area contributed by atoms with Gasteiger partial charge in [-0.1, -0.05) is 23.2 Å². The van der Waals surface area contributed by atoms with Crippen LogP contribution in [0.25, 0.3) is 0 Å². The van der Waals surface area contributed by atoms with E-state index in [1.807, 2.05) is 0 Å². The highest BCUT2D eigenvalue weighted by Crippen LogP contribution is 2.50. The van der Waals surface area contributed by atoms with Gasteiger partial charge >= 0.3 is 0 Å². The van der Waals surface area contributed by atoms with Gasteiger partial charge in [0.2, 0.25) is 5.91 Å². The standard InChI is InChI=1S/C11H10Cl2N4OS/c12-5-3-6(13)8-9(17-19-16-8)7(5)15-10(18)11(4-14)1-2-11/h3H,1-2,4,14H2,(H,15,18). The van der Waals surface area contributed by atoms with Gasteiger partial charge in [-0.15, -0.1) is 0 Å². The molecule has 0 atom stereocenters. The van der Waals surface area contributed by atoms with Crippen molar-refractivity contribution < 1.29 is 4.79 Å². The summed E-state index contributed by atoms with van der Waals surface area (Å²) in [5, 5.41) is 3.59. The van der Waals surface area contributed by atoms with Crippen molar-refractivity contribution in [3.8, 4) is 0 Å². The van der Waals surface area contributed by atoms with E-state index < -0.39 is 5.41 Å². The normalized spacial score (nSPS) is 17.8. The summed E-state index contributed by atoms with van der Waals surface area (Å²) in [4.78, 5) is 12.2. The molecule has 0 bridgehead atoms. The third-order valence-corrected chi connectivity index (χ3v) is 4.52. The maximum Gasteiger partial charge on any atom is 0.231 e. The molecule has 0 aromatic heterocycles. The number of carbonyl (C=O) groups is 1. The first kappa shape index (κ1) is 13.1. The van der Waals surface area contributed by atoms with Crippen molar-refractivity contribution in [2.24, 2.45) is 19.9 Å². The molecule has 19 heavy (non-hydrogen) atoms. The van der Waals surface area contributed by atoms with Crippen molar-refractivity contribution in [2.75, 3.05) is 11.9 Å². The number of hydrogen-bond acceptors (Lipinski definition) is 4. The zero-order chi connectivity index (χ0) is 13.6. The van der Waals surface area contributed by atoms with Crippen LogP contribution < -0.4 is 11.1 Å². The Kier molecular flexibility index (Phi) is 3.13. The Labute approximate surface area is 123 Å². The number of benzene rings is 1. The molecule has 0 radical (unpaired) electrons. The van der Waals surface area contributed by atoms with Crippen LogP contribution in [0.15, 0.2) is 14.8 Å². The Morgan fingerprint density at radius 1 is 1.37 bits per heavy atom. The van der Waals surface area contributed by atoms with Gasteiger partial charge < -0.3 is 11.1 Å². The van der Waals surface area contributed by atoms with Gasteiger partial charge in [0.1, 0.15) is 11.4 Å². The number of amides is 1. The van der Waals surface area contributed by atoms with Gasteiger partial charge in [0.15, 0.2) is 0 Å². The first-order valence-electron chi connectivity index (χ1n) is 5.69. The molecule has 1 aromatic rings. The minimum Gasteiger partial charge on any atom is -0.329 e. The molecule has 2 aliphatic rings. The minimum atomic E-state index is -0.446. The molecule has 3 rings (SSSR count). The highest BCUT2D eigenvalue weighted by molar-refractivity contribution is 7.58. The molecule has 100 valence electrons. The van der Waals surface area contributed by atoms with Crippen molar-refractivity contribution in [1.82, 2.24) is 0 Å². The summed E-state index contributed by atoms with van der Waals surface area (Å²) in [6, 6.07) is 1.56. The zero-order valence-corrected chi connectivity index (χ0v) is 12.1. The average Bonchev–Trinajstić information content (AvgIpc) is 3.04. The fourth-order valence-electron chi connectivity index (χ4n) is 1.91. The molecule has 1 aliphatic heterocycles. The molecular formula is C11H10Cl2N4OS. The van der Waals surface area contributed by atoms with E-state index >= 15 is 0 Å². The third kappa shape index (κ3) is 2.08. The molecule has 1 aliphatic carbocycles. The summed E-state index contributed by atoms with van der Waals surface area (Å²) < 4.78 is 8.23. The van der Waals surface area contributed by atoms with Crippen LogP contribution in [-0.4, -0.2) is 12.5 Å². The van der Waals surface area contributed by atoms with Gasteiger partial charge in [0.05, 0.1) is 32.5 Å². The Morgan fingerprint density at radius 2 is 2.05 bits per heavy atom. The van der Waals surface area contributed by atoms with Gasteiger partial charge in [-0.3, -0.25) is 4.79 Å². The number of nitrogens with zero attached hydrogens (tertiary/aromatic N) is 2. The van der Waals surface area contributed by atoms with Crippen molar-refractivity contribution in [3.05, 3.63) is 16.1 Å². The second-order valence-electron chi connectivity index (χ2n) is 4.62. The van der Waals surface area contributed by atoms with Gasteiger partial charge in [0.25, 0.3) is 0 Å². The van der Waals surface area contributed by atoms with E-state index in [0.717, 1.165) is 24.2 Å². The minimum absolute atomic E-state index is 0.117. The molecule has 0 spiro atoms. The van der Waals surface area contributed by atoms with E-state index in [1.54, 1.807) is 6.07 Å². The van der Waals surface area contributed by atoms with Gasteiger partial charge in [-0.05, 0) is 18.9 Å². The van der Waals surface area contributed by atoms with Gasteiger partial charge in [0, 0.05) is 6.54 Å². The Hall–Kier alpha value is -0.950. The molecule has 0 unspecified atom stereocenters. The Morgan fingerprint density at radius 3 is 2.68 bits per heavy atom. The number of nitrogens with one attached hydrogen (secondary N) is 1. The molecule has 3 N–H and O–H groups in total. The summed E-state index contributed by atoms with van der Waals surface area (Å²) in [5.74, 6) is -0.117. The van der Waals surface area contributed by atoms with Crippen LogP contribution in [0.3, 0.4) is 0 Å². The van der Waals surface area contributed by atoms with Crippen molar-refractivity contribution in [3.63, 3.8) is 0 Å². The molecule has 1 heterocycles. The number of rotatable bonds is 3. The van der Waals surface area contributed by atoms with Crippen molar-refractivity contribution in [1.29, 1.82) is 0 Å². The molecule has 1 amide bonds. The van der Waals surface area contributed by atoms with Crippen LogP contribution in [0.2, 0.25) is 10.0 Å². The van der Waals surface area contributed by atoms with Crippen LogP contribution in [0.4, 0.5) is 17.1 Å². The lowest BCUT2D eigenvalue weighted by Gasteiger charge is -2.15. The molecule has 1 saturated carbocycles. The van der Waals surface area contributed by atoms with Crippen molar-refractivity contribution in [2.45, 2.75) is 12.8 Å². The quantitative estimate of drug-likeness (QED) is 0.910. The van der Waals surface area contributed by atoms with Crippen LogP contribution in [-0.2, 0) is 16.1 Å². The molecule has 8 heteroatoms. The lowest BCUT2D eigenvalue weighted by Crippen LogP contribution is -2.30. The number of hydrogen-bond donors (Lipinski definition) is 2. The first-order chi connectivity index (χ1) is 9.07. The van der Waals surface area contributed by atoms with E-state index in [4.69, 9.17) is 28.9 Å². The number of carbonyl (C=O) groups excluding carboxylic acids is 1. The summed E-state index contributed by atoms with van der Waals surface area (Å²) in [5.41, 5.74) is 6.71. The second kappa shape index (κ2) is 4.56. The van der Waals surface area contributed by atoms with Gasteiger partial charge in [-0.25, -0.2) is 0 Å². The van der Waals surface area contributed by atoms with E-state index in [0.29, 0.717) is 33.7 Å². The largest absolute Gasteiger partial charge is 0.329 e. The van der Waals surface area contributed by atoms with Gasteiger partial charge in [-0.2, -0.15) is 8.73 Å². The predicted molar refractivity (Wildman–Crippen MR) is 77.4 cm³/mol. The van der Waals surface area contributed by atoms with E-state index in [9.17, 15) is 4.79 Å². The molecule has 0 saturated heterocycles. The number of fused-ring (bicyclic) bond motifs is 1. The van der Waals surface area contributed by atoms with Crippen molar-refractivity contribution >= 4 is 57.5 Å². The van der Waals surface area contributed by atoms with E-state index in [-0.39, 0.29) is 5.91 Å². The third-order valence-electron chi connectivity index (χ3n) is 3.41. The zero-order valence-electron chi connectivity index (χ0n) is 9.74. The monoisotopic (exact) mass is 316 g/mol. The van der Waals surface area contributed by atoms with Crippen LogP contribution in [0.5, 0.6) is 0 Å². The fourth-order valence-corrected chi connectivity index (χ4v) is 3.07.